The Bertz CT molecular complexity index is 217. The Balaban J connectivity index is 2.78. The van der Waals surface area contributed by atoms with E-state index in [2.05, 4.69) is 32.6 Å². The molecule has 1 aliphatic heterocycles. The van der Waals surface area contributed by atoms with Gasteiger partial charge < -0.3 is 5.73 Å². The van der Waals surface area contributed by atoms with Gasteiger partial charge in [0.15, 0.2) is 0 Å². The third-order valence-corrected chi connectivity index (χ3v) is 5.36. The molecule has 1 fully saturated rings. The van der Waals surface area contributed by atoms with Gasteiger partial charge in [-0.1, -0.05) is 34.1 Å². The second-order valence-corrected chi connectivity index (χ2v) is 5.91. The standard InChI is InChI=1S/C15H32N2/c1-5-9-15(8-4,12-16)17-11-10-14(6-2,7-3)13-17/h5-13,16H2,1-4H3. The molecule has 2 heteroatoms. The van der Waals surface area contributed by atoms with Crippen molar-refractivity contribution < 1.29 is 0 Å². The summed E-state index contributed by atoms with van der Waals surface area (Å²) in [5, 5.41) is 0. The predicted octanol–water partition coefficient (Wildman–Crippen LogP) is 3.41. The van der Waals surface area contributed by atoms with Crippen molar-refractivity contribution in [3.8, 4) is 0 Å². The molecule has 0 spiro atoms. The summed E-state index contributed by atoms with van der Waals surface area (Å²) in [5.74, 6) is 0. The molecule has 1 unspecified atom stereocenters. The van der Waals surface area contributed by atoms with Crippen molar-refractivity contribution in [3.63, 3.8) is 0 Å². The number of nitrogens with two attached hydrogens (primary N) is 1. The number of nitrogens with zero attached hydrogens (tertiary/aromatic N) is 1. The van der Waals surface area contributed by atoms with Gasteiger partial charge in [-0.25, -0.2) is 0 Å². The van der Waals surface area contributed by atoms with E-state index in [1.807, 2.05) is 0 Å². The molecule has 0 saturated carbocycles. The molecular weight excluding hydrogens is 208 g/mol. The lowest BCUT2D eigenvalue weighted by Gasteiger charge is -2.42. The Hall–Kier alpha value is -0.0800. The lowest BCUT2D eigenvalue weighted by Crippen LogP contribution is -2.53. The fourth-order valence-electron chi connectivity index (χ4n) is 3.57. The fourth-order valence-corrected chi connectivity index (χ4v) is 3.57. The van der Waals surface area contributed by atoms with Crippen molar-refractivity contribution in [2.75, 3.05) is 19.6 Å². The van der Waals surface area contributed by atoms with E-state index in [4.69, 9.17) is 5.73 Å². The summed E-state index contributed by atoms with van der Waals surface area (Å²) in [5.41, 5.74) is 6.97. The van der Waals surface area contributed by atoms with Crippen LogP contribution in [0.5, 0.6) is 0 Å². The first-order chi connectivity index (χ1) is 8.12. The molecule has 0 radical (unpaired) electrons. The van der Waals surface area contributed by atoms with E-state index in [0.29, 0.717) is 5.41 Å². The Kier molecular flexibility index (Phi) is 5.46. The first kappa shape index (κ1) is 15.0. The van der Waals surface area contributed by atoms with Gasteiger partial charge in [0.25, 0.3) is 0 Å². The van der Waals surface area contributed by atoms with Crippen molar-refractivity contribution in [2.45, 2.75) is 71.8 Å². The van der Waals surface area contributed by atoms with Crippen molar-refractivity contribution in [1.82, 2.24) is 4.90 Å². The molecule has 2 nitrogen and oxygen atoms in total. The summed E-state index contributed by atoms with van der Waals surface area (Å²) < 4.78 is 0. The Labute approximate surface area is 108 Å². The van der Waals surface area contributed by atoms with Crippen LogP contribution >= 0.6 is 0 Å². The van der Waals surface area contributed by atoms with Crippen LogP contribution in [0.3, 0.4) is 0 Å². The van der Waals surface area contributed by atoms with Gasteiger partial charge in [-0.2, -0.15) is 0 Å². The maximum Gasteiger partial charge on any atom is 0.0329 e. The molecule has 0 bridgehead atoms. The highest BCUT2D eigenvalue weighted by molar-refractivity contribution is 4.98. The van der Waals surface area contributed by atoms with Crippen LogP contribution in [0.4, 0.5) is 0 Å². The summed E-state index contributed by atoms with van der Waals surface area (Å²) in [4.78, 5) is 2.71. The molecular formula is C15H32N2. The minimum absolute atomic E-state index is 0.279. The molecule has 0 amide bonds. The van der Waals surface area contributed by atoms with Gasteiger partial charge in [0.1, 0.15) is 0 Å². The van der Waals surface area contributed by atoms with Crippen LogP contribution in [0.1, 0.15) is 66.2 Å². The zero-order chi connectivity index (χ0) is 12.9. The molecule has 1 atom stereocenters. The smallest absolute Gasteiger partial charge is 0.0329 e. The average Bonchev–Trinajstić information content (AvgIpc) is 2.82. The molecule has 2 N–H and O–H groups in total. The molecule has 1 rings (SSSR count). The van der Waals surface area contributed by atoms with Crippen molar-refractivity contribution in [3.05, 3.63) is 0 Å². The van der Waals surface area contributed by atoms with Crippen LogP contribution in [-0.2, 0) is 0 Å². The molecule has 17 heavy (non-hydrogen) atoms. The van der Waals surface area contributed by atoms with Gasteiger partial charge in [0.05, 0.1) is 0 Å². The van der Waals surface area contributed by atoms with E-state index >= 15 is 0 Å². The molecule has 1 saturated heterocycles. The van der Waals surface area contributed by atoms with Crippen LogP contribution in [0.25, 0.3) is 0 Å². The Morgan fingerprint density at radius 1 is 1.18 bits per heavy atom. The molecule has 1 aliphatic rings. The highest BCUT2D eigenvalue weighted by Crippen LogP contribution is 2.41. The van der Waals surface area contributed by atoms with Gasteiger partial charge in [0.2, 0.25) is 0 Å². The maximum absolute atomic E-state index is 6.11. The van der Waals surface area contributed by atoms with Crippen molar-refractivity contribution in [1.29, 1.82) is 0 Å². The van der Waals surface area contributed by atoms with Gasteiger partial charge >= 0.3 is 0 Å². The van der Waals surface area contributed by atoms with Crippen molar-refractivity contribution in [2.24, 2.45) is 11.1 Å². The van der Waals surface area contributed by atoms with Gasteiger partial charge in [0, 0.05) is 18.6 Å². The topological polar surface area (TPSA) is 29.3 Å². The quantitative estimate of drug-likeness (QED) is 0.739. The second kappa shape index (κ2) is 6.19. The Morgan fingerprint density at radius 3 is 2.18 bits per heavy atom. The molecule has 1 heterocycles. The van der Waals surface area contributed by atoms with Crippen LogP contribution in [0, 0.1) is 5.41 Å². The summed E-state index contributed by atoms with van der Waals surface area (Å²) in [6.45, 7) is 12.6. The third kappa shape index (κ3) is 2.85. The number of hydrogen-bond acceptors (Lipinski definition) is 2. The molecule has 102 valence electrons. The van der Waals surface area contributed by atoms with E-state index in [9.17, 15) is 0 Å². The van der Waals surface area contributed by atoms with Gasteiger partial charge in [-0.3, -0.25) is 4.90 Å². The maximum atomic E-state index is 6.11. The molecule has 0 aromatic heterocycles. The first-order valence-electron chi connectivity index (χ1n) is 7.57. The normalized spacial score (nSPS) is 23.8. The summed E-state index contributed by atoms with van der Waals surface area (Å²) in [7, 11) is 0. The minimum Gasteiger partial charge on any atom is -0.329 e. The zero-order valence-corrected chi connectivity index (χ0v) is 12.4. The van der Waals surface area contributed by atoms with Crippen LogP contribution in [0.15, 0.2) is 0 Å². The lowest BCUT2D eigenvalue weighted by atomic mass is 9.81. The van der Waals surface area contributed by atoms with E-state index in [-0.39, 0.29) is 5.54 Å². The average molecular weight is 240 g/mol. The summed E-state index contributed by atoms with van der Waals surface area (Å²) in [6, 6.07) is 0. The Morgan fingerprint density at radius 2 is 1.82 bits per heavy atom. The van der Waals surface area contributed by atoms with E-state index in [1.54, 1.807) is 0 Å². The number of hydrogen-bond donors (Lipinski definition) is 1. The summed E-state index contributed by atoms with van der Waals surface area (Å²) in [6.07, 6.45) is 7.69. The number of rotatable bonds is 7. The molecule has 0 aliphatic carbocycles. The second-order valence-electron chi connectivity index (χ2n) is 5.91. The zero-order valence-electron chi connectivity index (χ0n) is 12.4. The first-order valence-corrected chi connectivity index (χ1v) is 7.57. The fraction of sp³-hybridized carbons (Fsp3) is 1.00. The highest BCUT2D eigenvalue weighted by Gasteiger charge is 2.43. The lowest BCUT2D eigenvalue weighted by molar-refractivity contribution is 0.0889. The van der Waals surface area contributed by atoms with Crippen LogP contribution in [0.2, 0.25) is 0 Å². The van der Waals surface area contributed by atoms with Crippen LogP contribution in [-0.4, -0.2) is 30.1 Å². The van der Waals surface area contributed by atoms with Crippen LogP contribution < -0.4 is 5.73 Å². The number of likely N-dealkylation sites (tertiary alicyclic amines) is 1. The SMILES string of the molecule is CCCC(CC)(CN)N1CCC(CC)(CC)C1. The van der Waals surface area contributed by atoms with Gasteiger partial charge in [-0.15, -0.1) is 0 Å². The predicted molar refractivity (Wildman–Crippen MR) is 76.2 cm³/mol. The van der Waals surface area contributed by atoms with E-state index in [1.165, 1.54) is 51.6 Å². The largest absolute Gasteiger partial charge is 0.329 e. The van der Waals surface area contributed by atoms with E-state index in [0.717, 1.165) is 6.54 Å². The van der Waals surface area contributed by atoms with Gasteiger partial charge in [-0.05, 0) is 44.1 Å². The third-order valence-electron chi connectivity index (χ3n) is 5.36. The summed E-state index contributed by atoms with van der Waals surface area (Å²) >= 11 is 0. The monoisotopic (exact) mass is 240 g/mol. The molecule has 0 aromatic carbocycles. The molecule has 0 aromatic rings. The van der Waals surface area contributed by atoms with Crippen molar-refractivity contribution >= 4 is 0 Å². The van der Waals surface area contributed by atoms with E-state index < -0.39 is 0 Å². The highest BCUT2D eigenvalue weighted by atomic mass is 15.2. The minimum atomic E-state index is 0.279.